The van der Waals surface area contributed by atoms with E-state index in [2.05, 4.69) is 97.0 Å². The van der Waals surface area contributed by atoms with Gasteiger partial charge in [-0.2, -0.15) is 73.1 Å². The molecule has 0 amide bonds. The molecular formula is C88H88ClF13N10O4S2. The van der Waals surface area contributed by atoms with Crippen molar-refractivity contribution >= 4 is 34.3 Å². The molecule has 0 atom stereocenters. The number of nitrogens with zero attached hydrogens (tertiary/aromatic N) is 10. The topological polar surface area (TPSA) is 127 Å². The molecule has 118 heavy (non-hydrogen) atoms. The quantitative estimate of drug-likeness (QED) is 0.0280. The van der Waals surface area contributed by atoms with Gasteiger partial charge >= 0.3 is 24.7 Å². The van der Waals surface area contributed by atoms with Gasteiger partial charge in [-0.15, -0.1) is 22.7 Å². The smallest absolute Gasteiger partial charge is 0.416 e. The van der Waals surface area contributed by atoms with Gasteiger partial charge in [0, 0.05) is 129 Å². The molecular weight excluding hydrogens is 1610 g/mol. The highest BCUT2D eigenvalue weighted by atomic mass is 35.5. The van der Waals surface area contributed by atoms with E-state index in [1.807, 2.05) is 77.8 Å². The lowest BCUT2D eigenvalue weighted by molar-refractivity contribution is -0.138. The molecule has 0 N–H and O–H groups in total. The SMILES string of the molecule is Cc1ccccc1CN(CCCOc1ccc(C(F)(F)F)cc1)Cc1ccnnc1.Cc1ccccc1CN(Cc1cccnn1)CC(C)(C)COc1ccc(C(F)(F)F)cc1.FC(F)(F)c1ccc(OCCN(Cc2cncs2)Cc2ccccc2Cl)cc1.Fc1ccccc1CN(CCOc1ccc(C(F)(F)F)cc1)Cc1cncs1. The van der Waals surface area contributed by atoms with Crippen LogP contribution in [0.15, 0.2) is 254 Å². The van der Waals surface area contributed by atoms with Crippen LogP contribution in [0.1, 0.15) is 96.9 Å². The molecule has 0 aliphatic rings. The average molecular weight is 1700 g/mol. The zero-order chi connectivity index (χ0) is 84.6. The Labute approximate surface area is 690 Å². The third-order valence-corrected chi connectivity index (χ3v) is 19.9. The molecule has 4 heterocycles. The maximum atomic E-state index is 14.0. The Morgan fingerprint density at radius 1 is 0.373 bits per heavy atom. The van der Waals surface area contributed by atoms with Gasteiger partial charge in [-0.05, 0) is 181 Å². The van der Waals surface area contributed by atoms with Gasteiger partial charge in [-0.1, -0.05) is 110 Å². The molecule has 0 aliphatic heterocycles. The Balaban J connectivity index is 0.000000180. The van der Waals surface area contributed by atoms with Crippen molar-refractivity contribution in [3.05, 3.63) is 342 Å². The fraction of sp³-hybridized carbons (Fsp3) is 0.295. The molecule has 30 heteroatoms. The predicted octanol–water partition coefficient (Wildman–Crippen LogP) is 22.5. The molecule has 12 rings (SSSR count). The lowest BCUT2D eigenvalue weighted by Crippen LogP contribution is -2.37. The lowest BCUT2D eigenvalue weighted by atomic mass is 9.93. The van der Waals surface area contributed by atoms with Crippen LogP contribution in [0.3, 0.4) is 0 Å². The van der Waals surface area contributed by atoms with Crippen LogP contribution in [0.4, 0.5) is 57.1 Å². The second-order valence-electron chi connectivity index (χ2n) is 28.2. The fourth-order valence-electron chi connectivity index (χ4n) is 12.0. The van der Waals surface area contributed by atoms with E-state index < -0.39 is 47.0 Å². The zero-order valence-corrected chi connectivity index (χ0v) is 67.4. The molecule has 0 saturated heterocycles. The highest BCUT2D eigenvalue weighted by Crippen LogP contribution is 2.35. The maximum Gasteiger partial charge on any atom is 0.416 e. The van der Waals surface area contributed by atoms with E-state index in [-0.39, 0.29) is 17.8 Å². The van der Waals surface area contributed by atoms with E-state index in [0.717, 1.165) is 108 Å². The molecule has 12 aromatic rings. The number of hydrogen-bond donors (Lipinski definition) is 0. The third kappa shape index (κ3) is 32.1. The maximum absolute atomic E-state index is 14.0. The molecule has 0 bridgehead atoms. The second-order valence-corrected chi connectivity index (χ2v) is 30.5. The van der Waals surface area contributed by atoms with Crippen molar-refractivity contribution in [1.29, 1.82) is 0 Å². The van der Waals surface area contributed by atoms with Crippen LogP contribution in [-0.4, -0.2) is 103 Å². The lowest BCUT2D eigenvalue weighted by Gasteiger charge is -2.33. The van der Waals surface area contributed by atoms with Crippen LogP contribution >= 0.6 is 34.3 Å². The van der Waals surface area contributed by atoms with Gasteiger partial charge in [-0.3, -0.25) is 29.6 Å². The van der Waals surface area contributed by atoms with Crippen molar-refractivity contribution in [2.24, 2.45) is 5.41 Å². The van der Waals surface area contributed by atoms with Gasteiger partial charge in [0.2, 0.25) is 0 Å². The van der Waals surface area contributed by atoms with E-state index in [1.165, 1.54) is 88.2 Å². The fourth-order valence-corrected chi connectivity index (χ4v) is 13.4. The van der Waals surface area contributed by atoms with Crippen LogP contribution in [0, 0.1) is 25.1 Å². The number of halogens is 14. The summed E-state index contributed by atoms with van der Waals surface area (Å²) in [5.41, 5.74) is 8.95. The third-order valence-electron chi connectivity index (χ3n) is 18.1. The number of ether oxygens (including phenoxy) is 4. The summed E-state index contributed by atoms with van der Waals surface area (Å²) >= 11 is 9.34. The first-order valence-corrected chi connectivity index (χ1v) is 39.4. The molecule has 14 nitrogen and oxygen atoms in total. The predicted molar refractivity (Wildman–Crippen MR) is 431 cm³/mol. The van der Waals surface area contributed by atoms with Gasteiger partial charge in [0.1, 0.15) is 42.0 Å². The van der Waals surface area contributed by atoms with Crippen LogP contribution in [0.25, 0.3) is 0 Å². The van der Waals surface area contributed by atoms with E-state index >= 15 is 0 Å². The standard InChI is InChI=1S/C25H28F3N3O.C23H24F3N3O.C20H18ClF3N2OS.C20H18F4N2OS/c1-19-7-4-5-8-20(19)15-31(16-22-9-6-14-29-30-22)17-24(2,3)18-32-23-12-10-21(11-13-23)25(26,27)28;1-18-5-2-3-6-20(18)17-29(16-19-11-12-27-28-15-19)13-4-14-30-22-9-7-21(8-10-22)23(24,25)26;2*21-19-4-2-1-3-15(19)12-26(13-18-11-25-14-28-18)9-10-27-17-7-5-16(6-8-17)20(22,23)24/h4-14H,15-18H2,1-3H3;2-3,5-12,15H,4,13-14,16-17H2,1H3;2*1-8,11,14H,9-10,12-13H2. The molecule has 0 aliphatic carbocycles. The van der Waals surface area contributed by atoms with Crippen LogP contribution in [0.2, 0.25) is 5.02 Å². The first-order chi connectivity index (χ1) is 56.4. The van der Waals surface area contributed by atoms with E-state index in [0.29, 0.717) is 106 Å². The van der Waals surface area contributed by atoms with Crippen molar-refractivity contribution in [2.75, 3.05) is 52.6 Å². The molecule has 0 spiro atoms. The Hall–Kier alpha value is -10.4. The monoisotopic (exact) mass is 1690 g/mol. The Morgan fingerprint density at radius 3 is 1.21 bits per heavy atom. The summed E-state index contributed by atoms with van der Waals surface area (Å²) in [5.74, 6) is 1.35. The van der Waals surface area contributed by atoms with Crippen molar-refractivity contribution < 1.29 is 76.0 Å². The van der Waals surface area contributed by atoms with Gasteiger partial charge in [0.25, 0.3) is 0 Å². The minimum Gasteiger partial charge on any atom is -0.494 e. The van der Waals surface area contributed by atoms with E-state index in [9.17, 15) is 57.1 Å². The van der Waals surface area contributed by atoms with Crippen LogP contribution < -0.4 is 18.9 Å². The number of alkyl halides is 12. The zero-order valence-electron chi connectivity index (χ0n) is 65.0. The number of aryl methyl sites for hydroxylation is 2. The summed E-state index contributed by atoms with van der Waals surface area (Å²) in [6.07, 6.45) is -8.01. The van der Waals surface area contributed by atoms with Gasteiger partial charge < -0.3 is 18.9 Å². The largest absolute Gasteiger partial charge is 0.494 e. The minimum absolute atomic E-state index is 0.256. The number of aromatic nitrogens is 6. The van der Waals surface area contributed by atoms with Gasteiger partial charge in [-0.25, -0.2) is 4.39 Å². The summed E-state index contributed by atoms with van der Waals surface area (Å²) in [4.78, 5) is 19.1. The highest BCUT2D eigenvalue weighted by Gasteiger charge is 2.33. The Morgan fingerprint density at radius 2 is 0.788 bits per heavy atom. The van der Waals surface area contributed by atoms with Crippen LogP contribution in [0.5, 0.6) is 23.0 Å². The molecule has 624 valence electrons. The number of rotatable bonds is 34. The minimum atomic E-state index is -4.37. The molecule has 0 unspecified atom stereocenters. The van der Waals surface area contributed by atoms with Gasteiger partial charge in [0.05, 0.1) is 58.4 Å². The highest BCUT2D eigenvalue weighted by molar-refractivity contribution is 7.09. The summed E-state index contributed by atoms with van der Waals surface area (Å²) in [7, 11) is 0. The van der Waals surface area contributed by atoms with Crippen molar-refractivity contribution in [2.45, 2.75) is 111 Å². The molecule has 4 aromatic heterocycles. The first-order valence-electron chi connectivity index (χ1n) is 37.3. The van der Waals surface area contributed by atoms with Crippen LogP contribution in [-0.2, 0) is 77.1 Å². The Bertz CT molecular complexity index is 4720. The molecule has 0 fully saturated rings. The van der Waals surface area contributed by atoms with Gasteiger partial charge in [0.15, 0.2) is 0 Å². The van der Waals surface area contributed by atoms with Crippen molar-refractivity contribution in [1.82, 2.24) is 50.0 Å². The summed E-state index contributed by atoms with van der Waals surface area (Å²) in [5, 5.41) is 16.7. The Kier molecular flexibility index (Phi) is 34.9. The number of hydrogen-bond acceptors (Lipinski definition) is 16. The molecule has 0 radical (unpaired) electrons. The normalized spacial score (nSPS) is 11.8. The molecule has 8 aromatic carbocycles. The van der Waals surface area contributed by atoms with Crippen molar-refractivity contribution in [3.63, 3.8) is 0 Å². The molecule has 0 saturated carbocycles. The first kappa shape index (κ1) is 91.5. The summed E-state index contributed by atoms with van der Waals surface area (Å²) < 4.78 is 189. The summed E-state index contributed by atoms with van der Waals surface area (Å²) in [6, 6.07) is 55.4. The number of benzene rings is 8. The van der Waals surface area contributed by atoms with Crippen molar-refractivity contribution in [3.8, 4) is 23.0 Å². The van der Waals surface area contributed by atoms with E-state index in [1.54, 1.807) is 65.3 Å². The van der Waals surface area contributed by atoms with E-state index in [4.69, 9.17) is 30.5 Å². The average Bonchev–Trinajstić information content (AvgIpc) is 0.874. The summed E-state index contributed by atoms with van der Waals surface area (Å²) in [6.45, 7) is 17.5. The second kappa shape index (κ2) is 45.0. The number of thiazole rings is 2.